The van der Waals surface area contributed by atoms with Gasteiger partial charge in [0.2, 0.25) is 0 Å². The molecule has 2 rings (SSSR count). The molecule has 0 saturated carbocycles. The van der Waals surface area contributed by atoms with E-state index < -0.39 is 0 Å². The van der Waals surface area contributed by atoms with E-state index in [1.807, 2.05) is 5.38 Å². The zero-order valence-electron chi connectivity index (χ0n) is 8.66. The zero-order chi connectivity index (χ0) is 12.3. The van der Waals surface area contributed by atoms with Gasteiger partial charge in [0.1, 0.15) is 11.8 Å². The minimum atomic E-state index is 0.0654. The predicted octanol–water partition coefficient (Wildman–Crippen LogP) is 1.01. The van der Waals surface area contributed by atoms with E-state index in [-0.39, 0.29) is 5.70 Å². The van der Waals surface area contributed by atoms with Gasteiger partial charge in [-0.3, -0.25) is 0 Å². The molecule has 0 atom stereocenters. The Morgan fingerprint density at radius 1 is 1.41 bits per heavy atom. The van der Waals surface area contributed by atoms with Gasteiger partial charge in [-0.05, 0) is 0 Å². The van der Waals surface area contributed by atoms with Gasteiger partial charge < -0.3 is 11.5 Å². The highest BCUT2D eigenvalue weighted by molar-refractivity contribution is 7.13. The summed E-state index contributed by atoms with van der Waals surface area (Å²) in [6.45, 7) is 0. The number of hydrogen-bond acceptors (Lipinski definition) is 7. The molecule has 2 aromatic rings. The normalized spacial score (nSPS) is 11.1. The lowest BCUT2D eigenvalue weighted by Crippen LogP contribution is -1.95. The third-order valence-electron chi connectivity index (χ3n) is 1.90. The van der Waals surface area contributed by atoms with Crippen molar-refractivity contribution in [3.8, 4) is 17.3 Å². The van der Waals surface area contributed by atoms with Crippen LogP contribution in [0.3, 0.4) is 0 Å². The average molecular weight is 244 g/mol. The molecule has 17 heavy (non-hydrogen) atoms. The molecule has 0 radical (unpaired) electrons. The van der Waals surface area contributed by atoms with Gasteiger partial charge in [0.25, 0.3) is 0 Å². The molecule has 0 fully saturated rings. The van der Waals surface area contributed by atoms with Crippen LogP contribution in [0.5, 0.6) is 0 Å². The van der Waals surface area contributed by atoms with Crippen molar-refractivity contribution in [2.45, 2.75) is 0 Å². The van der Waals surface area contributed by atoms with Crippen molar-refractivity contribution in [3.05, 3.63) is 29.3 Å². The van der Waals surface area contributed by atoms with E-state index in [2.05, 4.69) is 15.0 Å². The summed E-state index contributed by atoms with van der Waals surface area (Å²) in [4.78, 5) is 12.2. The first kappa shape index (κ1) is 11.0. The maximum Gasteiger partial charge on any atom is 0.180 e. The van der Waals surface area contributed by atoms with Crippen molar-refractivity contribution < 1.29 is 0 Å². The van der Waals surface area contributed by atoms with E-state index in [1.165, 1.54) is 17.4 Å². The quantitative estimate of drug-likeness (QED) is 0.762. The molecule has 2 aromatic heterocycles. The summed E-state index contributed by atoms with van der Waals surface area (Å²) in [7, 11) is 0. The van der Waals surface area contributed by atoms with Crippen LogP contribution in [0.4, 0.5) is 5.13 Å². The van der Waals surface area contributed by atoms with Crippen LogP contribution < -0.4 is 11.5 Å². The molecular weight excluding hydrogens is 236 g/mol. The molecule has 0 aliphatic carbocycles. The van der Waals surface area contributed by atoms with E-state index >= 15 is 0 Å². The molecule has 2 heterocycles. The number of nitriles is 1. The van der Waals surface area contributed by atoms with E-state index in [0.29, 0.717) is 11.0 Å². The van der Waals surface area contributed by atoms with Crippen molar-refractivity contribution in [3.63, 3.8) is 0 Å². The Bertz CT molecular complexity index is 592. The van der Waals surface area contributed by atoms with E-state index in [9.17, 15) is 0 Å². The van der Waals surface area contributed by atoms with Crippen LogP contribution >= 0.6 is 11.3 Å². The molecule has 7 heteroatoms. The summed E-state index contributed by atoms with van der Waals surface area (Å²) >= 11 is 1.35. The van der Waals surface area contributed by atoms with E-state index in [0.717, 1.165) is 11.3 Å². The van der Waals surface area contributed by atoms with Gasteiger partial charge in [-0.25, -0.2) is 15.0 Å². The number of nitrogens with zero attached hydrogens (tertiary/aromatic N) is 4. The van der Waals surface area contributed by atoms with E-state index in [1.54, 1.807) is 18.5 Å². The van der Waals surface area contributed by atoms with Crippen molar-refractivity contribution in [1.82, 2.24) is 15.0 Å². The predicted molar refractivity (Wildman–Crippen MR) is 65.3 cm³/mol. The van der Waals surface area contributed by atoms with Gasteiger partial charge in [-0.2, -0.15) is 5.26 Å². The second-order valence-corrected chi connectivity index (χ2v) is 4.00. The van der Waals surface area contributed by atoms with Crippen molar-refractivity contribution in [2.24, 2.45) is 5.73 Å². The minimum absolute atomic E-state index is 0.0654. The molecule has 0 spiro atoms. The first-order valence-electron chi connectivity index (χ1n) is 4.59. The Balaban J connectivity index is 2.28. The number of aromatic nitrogens is 3. The molecule has 0 unspecified atom stereocenters. The summed E-state index contributed by atoms with van der Waals surface area (Å²) in [5.74, 6) is 0.385. The number of allylic oxidation sites excluding steroid dienone is 1. The highest BCUT2D eigenvalue weighted by atomic mass is 32.1. The van der Waals surface area contributed by atoms with Gasteiger partial charge in [0.05, 0.1) is 5.69 Å². The first-order valence-corrected chi connectivity index (χ1v) is 5.47. The number of anilines is 1. The van der Waals surface area contributed by atoms with Gasteiger partial charge in [-0.1, -0.05) is 0 Å². The Kier molecular flexibility index (Phi) is 2.98. The van der Waals surface area contributed by atoms with Gasteiger partial charge in [0.15, 0.2) is 11.0 Å². The second kappa shape index (κ2) is 4.59. The van der Waals surface area contributed by atoms with Gasteiger partial charge in [0, 0.05) is 29.4 Å². The Hall–Kier alpha value is -2.46. The highest BCUT2D eigenvalue weighted by Gasteiger charge is 2.03. The summed E-state index contributed by atoms with van der Waals surface area (Å²) in [6.07, 6.45) is 4.62. The molecule has 0 saturated heterocycles. The molecule has 0 bridgehead atoms. The summed E-state index contributed by atoms with van der Waals surface area (Å²) in [6, 6.07) is 1.79. The lowest BCUT2D eigenvalue weighted by Gasteiger charge is -1.96. The SMILES string of the molecule is N#CC(N)=Cc1ncc(-c2csc(N)n2)cn1. The van der Waals surface area contributed by atoms with E-state index in [4.69, 9.17) is 16.7 Å². The Morgan fingerprint density at radius 3 is 2.65 bits per heavy atom. The first-order chi connectivity index (χ1) is 8.19. The number of nitrogen functional groups attached to an aromatic ring is 1. The molecule has 0 aliphatic rings. The monoisotopic (exact) mass is 244 g/mol. The van der Waals surface area contributed by atoms with Crippen molar-refractivity contribution in [1.29, 1.82) is 5.26 Å². The molecule has 84 valence electrons. The number of rotatable bonds is 2. The van der Waals surface area contributed by atoms with Crippen LogP contribution in [0.2, 0.25) is 0 Å². The molecule has 6 nitrogen and oxygen atoms in total. The maximum absolute atomic E-state index is 8.51. The second-order valence-electron chi connectivity index (χ2n) is 3.11. The van der Waals surface area contributed by atoms with Crippen LogP contribution in [0.1, 0.15) is 5.82 Å². The van der Waals surface area contributed by atoms with Crippen molar-refractivity contribution in [2.75, 3.05) is 5.73 Å². The van der Waals surface area contributed by atoms with Crippen LogP contribution in [0, 0.1) is 11.3 Å². The number of thiazole rings is 1. The Morgan fingerprint density at radius 2 is 2.12 bits per heavy atom. The maximum atomic E-state index is 8.51. The third kappa shape index (κ3) is 2.56. The van der Waals surface area contributed by atoms with Gasteiger partial charge in [-0.15, -0.1) is 11.3 Å². The minimum Gasteiger partial charge on any atom is -0.390 e. The lowest BCUT2D eigenvalue weighted by atomic mass is 10.3. The van der Waals surface area contributed by atoms with Crippen LogP contribution in [-0.2, 0) is 0 Å². The third-order valence-corrected chi connectivity index (χ3v) is 2.58. The molecule has 4 N–H and O–H groups in total. The standard InChI is InChI=1S/C10H8N6S/c11-2-7(12)1-9-14-3-6(4-15-9)8-5-17-10(13)16-8/h1,3-5H,12H2,(H2,13,16). The summed E-state index contributed by atoms with van der Waals surface area (Å²) in [5.41, 5.74) is 12.5. The lowest BCUT2D eigenvalue weighted by molar-refractivity contribution is 1.13. The fourth-order valence-electron chi connectivity index (χ4n) is 1.14. The molecule has 0 aromatic carbocycles. The molecule has 0 aliphatic heterocycles. The molecule has 0 amide bonds. The van der Waals surface area contributed by atoms with Crippen molar-refractivity contribution >= 4 is 22.5 Å². The highest BCUT2D eigenvalue weighted by Crippen LogP contribution is 2.21. The summed E-state index contributed by atoms with van der Waals surface area (Å²) < 4.78 is 0. The number of nitrogens with two attached hydrogens (primary N) is 2. The fourth-order valence-corrected chi connectivity index (χ4v) is 1.71. The van der Waals surface area contributed by atoms with Crippen LogP contribution in [-0.4, -0.2) is 15.0 Å². The fraction of sp³-hybridized carbons (Fsp3) is 0. The molecular formula is C10H8N6S. The van der Waals surface area contributed by atoms with Gasteiger partial charge >= 0.3 is 0 Å². The van der Waals surface area contributed by atoms with Crippen LogP contribution in [0.25, 0.3) is 17.3 Å². The topological polar surface area (TPSA) is 114 Å². The zero-order valence-corrected chi connectivity index (χ0v) is 9.48. The van der Waals surface area contributed by atoms with Crippen LogP contribution in [0.15, 0.2) is 23.5 Å². The summed E-state index contributed by atoms with van der Waals surface area (Å²) in [5, 5.41) is 10.8. The largest absolute Gasteiger partial charge is 0.390 e. The number of hydrogen-bond donors (Lipinski definition) is 2. The average Bonchev–Trinajstić information content (AvgIpc) is 2.77. The Labute approximate surface area is 101 Å². The smallest absolute Gasteiger partial charge is 0.180 e.